The van der Waals surface area contributed by atoms with Crippen LogP contribution in [0.1, 0.15) is 24.8 Å². The summed E-state index contributed by atoms with van der Waals surface area (Å²) in [5.74, 6) is 0.989. The minimum atomic E-state index is 0.235. The molecule has 1 aromatic carbocycles. The van der Waals surface area contributed by atoms with Gasteiger partial charge in [0.05, 0.1) is 6.61 Å². The monoisotopic (exact) mass is 233 g/mol. The minimum Gasteiger partial charge on any atom is -0.488 e. The molecule has 92 valence electrons. The summed E-state index contributed by atoms with van der Waals surface area (Å²) >= 11 is 0. The second-order valence-corrected chi connectivity index (χ2v) is 4.81. The van der Waals surface area contributed by atoms with Gasteiger partial charge < -0.3 is 14.8 Å². The Labute approximate surface area is 102 Å². The first-order chi connectivity index (χ1) is 8.42. The van der Waals surface area contributed by atoms with Crippen LogP contribution < -0.4 is 10.1 Å². The number of anilines is 1. The van der Waals surface area contributed by atoms with E-state index in [0.29, 0.717) is 0 Å². The van der Waals surface area contributed by atoms with Gasteiger partial charge in [-0.1, -0.05) is 0 Å². The lowest BCUT2D eigenvalue weighted by atomic mass is 10.0. The quantitative estimate of drug-likeness (QED) is 0.851. The van der Waals surface area contributed by atoms with Crippen LogP contribution in [0, 0.1) is 0 Å². The first kappa shape index (κ1) is 10.9. The Balaban J connectivity index is 1.70. The fourth-order valence-corrected chi connectivity index (χ4v) is 2.52. The Hall–Kier alpha value is -1.22. The minimum absolute atomic E-state index is 0.235. The molecule has 1 saturated heterocycles. The molecule has 0 aliphatic carbocycles. The Morgan fingerprint density at radius 2 is 2.29 bits per heavy atom. The number of rotatable bonds is 2. The van der Waals surface area contributed by atoms with Crippen molar-refractivity contribution in [2.24, 2.45) is 0 Å². The van der Waals surface area contributed by atoms with Crippen LogP contribution in [0.4, 0.5) is 5.69 Å². The van der Waals surface area contributed by atoms with Crippen LogP contribution in [0.5, 0.6) is 5.75 Å². The maximum Gasteiger partial charge on any atom is 0.122 e. The van der Waals surface area contributed by atoms with Crippen molar-refractivity contribution in [1.82, 2.24) is 0 Å². The highest BCUT2D eigenvalue weighted by Crippen LogP contribution is 2.27. The zero-order valence-electron chi connectivity index (χ0n) is 10.1. The lowest BCUT2D eigenvalue weighted by Crippen LogP contribution is -2.28. The summed E-state index contributed by atoms with van der Waals surface area (Å²) < 4.78 is 11.4. The van der Waals surface area contributed by atoms with Crippen LogP contribution >= 0.6 is 0 Å². The number of hydrogen-bond donors (Lipinski definition) is 1. The second-order valence-electron chi connectivity index (χ2n) is 4.81. The van der Waals surface area contributed by atoms with Crippen molar-refractivity contribution in [3.8, 4) is 5.75 Å². The zero-order chi connectivity index (χ0) is 11.5. The predicted octanol–water partition coefficient (Wildman–Crippen LogP) is 2.60. The van der Waals surface area contributed by atoms with Gasteiger partial charge in [0, 0.05) is 18.8 Å². The number of ether oxygens (including phenoxy) is 2. The molecule has 1 N–H and O–H groups in total. The summed E-state index contributed by atoms with van der Waals surface area (Å²) in [6.45, 7) is 2.70. The van der Waals surface area contributed by atoms with Gasteiger partial charge in [-0.2, -0.15) is 0 Å². The van der Waals surface area contributed by atoms with Gasteiger partial charge in [0.2, 0.25) is 0 Å². The molecule has 2 heterocycles. The van der Waals surface area contributed by atoms with Gasteiger partial charge in [0.15, 0.2) is 0 Å². The average molecular weight is 233 g/mol. The standard InChI is InChI=1S/C14H19NO2/c1-3-11-9-12(5-6-14(11)15-7-1)17-13-4-2-8-16-10-13/h5-6,9,13,15H,1-4,7-8,10H2. The van der Waals surface area contributed by atoms with Crippen LogP contribution in [0.25, 0.3) is 0 Å². The van der Waals surface area contributed by atoms with Gasteiger partial charge >= 0.3 is 0 Å². The summed E-state index contributed by atoms with van der Waals surface area (Å²) in [5, 5.41) is 3.41. The van der Waals surface area contributed by atoms with Gasteiger partial charge in [0.25, 0.3) is 0 Å². The van der Waals surface area contributed by atoms with Crippen molar-refractivity contribution in [1.29, 1.82) is 0 Å². The van der Waals surface area contributed by atoms with E-state index in [4.69, 9.17) is 9.47 Å². The number of nitrogens with one attached hydrogen (secondary N) is 1. The van der Waals surface area contributed by atoms with E-state index in [0.717, 1.165) is 44.8 Å². The van der Waals surface area contributed by atoms with Crippen molar-refractivity contribution in [3.63, 3.8) is 0 Å². The molecule has 0 amide bonds. The van der Waals surface area contributed by atoms with E-state index in [1.807, 2.05) is 0 Å². The fourth-order valence-electron chi connectivity index (χ4n) is 2.52. The van der Waals surface area contributed by atoms with Crippen molar-refractivity contribution >= 4 is 5.69 Å². The van der Waals surface area contributed by atoms with E-state index in [-0.39, 0.29) is 6.10 Å². The molecule has 2 aliphatic heterocycles. The van der Waals surface area contributed by atoms with E-state index < -0.39 is 0 Å². The number of fused-ring (bicyclic) bond motifs is 1. The van der Waals surface area contributed by atoms with Crippen LogP contribution in [0.15, 0.2) is 18.2 Å². The maximum absolute atomic E-state index is 5.97. The number of hydrogen-bond acceptors (Lipinski definition) is 3. The fraction of sp³-hybridized carbons (Fsp3) is 0.571. The summed E-state index contributed by atoms with van der Waals surface area (Å²) in [5.41, 5.74) is 2.65. The molecular formula is C14H19NO2. The number of benzene rings is 1. The Bertz CT molecular complexity index is 386. The molecule has 17 heavy (non-hydrogen) atoms. The van der Waals surface area contributed by atoms with E-state index >= 15 is 0 Å². The Kier molecular flexibility index (Phi) is 3.18. The first-order valence-electron chi connectivity index (χ1n) is 6.53. The van der Waals surface area contributed by atoms with Crippen LogP contribution in [0.3, 0.4) is 0 Å². The molecule has 1 atom stereocenters. The predicted molar refractivity (Wildman–Crippen MR) is 67.7 cm³/mol. The Morgan fingerprint density at radius 1 is 1.29 bits per heavy atom. The SMILES string of the molecule is c1cc2c(cc1OC1CCCOC1)CCCN2. The molecule has 0 bridgehead atoms. The van der Waals surface area contributed by atoms with Crippen molar-refractivity contribution in [2.75, 3.05) is 25.1 Å². The normalized spacial score (nSPS) is 23.6. The third-order valence-corrected chi connectivity index (χ3v) is 3.44. The molecular weight excluding hydrogens is 214 g/mol. The summed E-state index contributed by atoms with van der Waals surface area (Å²) in [7, 11) is 0. The van der Waals surface area contributed by atoms with Crippen LogP contribution in [-0.4, -0.2) is 25.9 Å². The smallest absolute Gasteiger partial charge is 0.122 e. The third-order valence-electron chi connectivity index (χ3n) is 3.44. The second kappa shape index (κ2) is 4.96. The first-order valence-corrected chi connectivity index (χ1v) is 6.53. The molecule has 0 spiro atoms. The molecule has 1 fully saturated rings. The summed E-state index contributed by atoms with van der Waals surface area (Å²) in [6.07, 6.45) is 4.81. The molecule has 0 saturated carbocycles. The Morgan fingerprint density at radius 3 is 3.18 bits per heavy atom. The van der Waals surface area contributed by atoms with Crippen LogP contribution in [-0.2, 0) is 11.2 Å². The van der Waals surface area contributed by atoms with E-state index in [2.05, 4.69) is 23.5 Å². The zero-order valence-corrected chi connectivity index (χ0v) is 10.1. The molecule has 3 heteroatoms. The van der Waals surface area contributed by atoms with Gasteiger partial charge in [-0.05, 0) is 49.4 Å². The van der Waals surface area contributed by atoms with Crippen molar-refractivity contribution in [2.45, 2.75) is 31.8 Å². The summed E-state index contributed by atoms with van der Waals surface area (Å²) in [4.78, 5) is 0. The molecule has 0 aromatic heterocycles. The van der Waals surface area contributed by atoms with E-state index in [1.54, 1.807) is 0 Å². The molecule has 1 unspecified atom stereocenters. The lowest BCUT2D eigenvalue weighted by Gasteiger charge is -2.24. The molecule has 0 radical (unpaired) electrons. The largest absolute Gasteiger partial charge is 0.488 e. The van der Waals surface area contributed by atoms with Crippen molar-refractivity contribution < 1.29 is 9.47 Å². The molecule has 3 rings (SSSR count). The molecule has 2 aliphatic rings. The third kappa shape index (κ3) is 2.55. The van der Waals surface area contributed by atoms with Gasteiger partial charge in [-0.25, -0.2) is 0 Å². The number of aryl methyl sites for hydroxylation is 1. The van der Waals surface area contributed by atoms with Gasteiger partial charge in [-0.15, -0.1) is 0 Å². The van der Waals surface area contributed by atoms with Gasteiger partial charge in [0.1, 0.15) is 11.9 Å². The highest BCUT2D eigenvalue weighted by Gasteiger charge is 2.16. The van der Waals surface area contributed by atoms with Crippen LogP contribution in [0.2, 0.25) is 0 Å². The van der Waals surface area contributed by atoms with E-state index in [1.165, 1.54) is 17.7 Å². The maximum atomic E-state index is 5.97. The highest BCUT2D eigenvalue weighted by molar-refractivity contribution is 5.55. The summed E-state index contributed by atoms with van der Waals surface area (Å²) in [6, 6.07) is 6.37. The van der Waals surface area contributed by atoms with Gasteiger partial charge in [-0.3, -0.25) is 0 Å². The van der Waals surface area contributed by atoms with E-state index in [9.17, 15) is 0 Å². The molecule has 3 nitrogen and oxygen atoms in total. The van der Waals surface area contributed by atoms with Crippen molar-refractivity contribution in [3.05, 3.63) is 23.8 Å². The lowest BCUT2D eigenvalue weighted by molar-refractivity contribution is 0.00740. The molecule has 1 aromatic rings. The topological polar surface area (TPSA) is 30.5 Å². The average Bonchev–Trinajstić information content (AvgIpc) is 2.40. The highest BCUT2D eigenvalue weighted by atomic mass is 16.5.